The van der Waals surface area contributed by atoms with E-state index in [4.69, 9.17) is 18.9 Å². The largest absolute Gasteiger partial charge is 0.460 e. The molecule has 0 saturated heterocycles. The van der Waals surface area contributed by atoms with Crippen LogP contribution in [0.25, 0.3) is 0 Å². The van der Waals surface area contributed by atoms with Gasteiger partial charge in [0.15, 0.2) is 0 Å². The molecule has 0 aromatic heterocycles. The number of ether oxygens (including phenoxy) is 4. The fourth-order valence-electron chi connectivity index (χ4n) is 4.17. The van der Waals surface area contributed by atoms with Gasteiger partial charge in [0, 0.05) is 0 Å². The molecule has 2 amide bonds. The monoisotopic (exact) mass is 652 g/mol. The summed E-state index contributed by atoms with van der Waals surface area (Å²) in [5.74, 6) is -5.22. The van der Waals surface area contributed by atoms with E-state index in [0.717, 1.165) is 0 Å². The van der Waals surface area contributed by atoms with Crippen LogP contribution < -0.4 is 10.6 Å². The Balaban J connectivity index is 1.49. The predicted octanol–water partition coefficient (Wildman–Crippen LogP) is 3.38. The van der Waals surface area contributed by atoms with Crippen LogP contribution in [0.1, 0.15) is 41.4 Å². The second-order valence-corrected chi connectivity index (χ2v) is 9.97. The zero-order valence-corrected chi connectivity index (χ0v) is 25.6. The maximum atomic E-state index is 13.5. The van der Waals surface area contributed by atoms with Crippen molar-refractivity contribution in [1.29, 1.82) is 0 Å². The second-order valence-electron chi connectivity index (χ2n) is 9.97. The number of carbonyl (C=O) groups is 6. The van der Waals surface area contributed by atoms with Crippen molar-refractivity contribution in [2.24, 2.45) is 0 Å². The third-order valence-electron chi connectivity index (χ3n) is 6.57. The van der Waals surface area contributed by atoms with Gasteiger partial charge < -0.3 is 29.6 Å². The molecule has 4 aromatic carbocycles. The minimum absolute atomic E-state index is 0.0634. The fraction of sp³-hybridized carbons (Fsp3) is 0.167. The van der Waals surface area contributed by atoms with Gasteiger partial charge in [0.2, 0.25) is 12.2 Å². The van der Waals surface area contributed by atoms with E-state index < -0.39 is 47.9 Å². The quantitative estimate of drug-likeness (QED) is 0.111. The smallest absolute Gasteiger partial charge is 0.339 e. The first-order valence-electron chi connectivity index (χ1n) is 14.9. The van der Waals surface area contributed by atoms with Crippen molar-refractivity contribution in [2.75, 3.05) is 26.3 Å². The zero-order chi connectivity index (χ0) is 34.1. The van der Waals surface area contributed by atoms with Crippen molar-refractivity contribution in [3.05, 3.63) is 144 Å². The minimum Gasteiger partial charge on any atom is -0.460 e. The molecule has 0 heterocycles. The SMILES string of the molecule is O=C(OCCNC(=O)C(OC(=O)c1ccccc1)C(OC(=O)c1ccccc1)C(=O)NCCOC(=O)c1ccccc1)c1ccccc1. The van der Waals surface area contributed by atoms with Crippen molar-refractivity contribution >= 4 is 35.7 Å². The Hall–Kier alpha value is -6.30. The minimum atomic E-state index is -1.98. The van der Waals surface area contributed by atoms with Crippen molar-refractivity contribution in [3.63, 3.8) is 0 Å². The molecule has 0 radical (unpaired) electrons. The van der Waals surface area contributed by atoms with Crippen LogP contribution in [-0.4, -0.2) is 74.2 Å². The lowest BCUT2D eigenvalue weighted by Gasteiger charge is -2.25. The summed E-state index contributed by atoms with van der Waals surface area (Å²) in [6.45, 7) is -0.973. The van der Waals surface area contributed by atoms with Gasteiger partial charge in [-0.15, -0.1) is 0 Å². The molecular formula is C36H32N2O10. The van der Waals surface area contributed by atoms with Crippen LogP contribution in [0, 0.1) is 0 Å². The maximum Gasteiger partial charge on any atom is 0.339 e. The number of esters is 4. The number of amides is 2. The molecule has 2 N–H and O–H groups in total. The molecule has 12 nitrogen and oxygen atoms in total. The summed E-state index contributed by atoms with van der Waals surface area (Å²) >= 11 is 0. The van der Waals surface area contributed by atoms with E-state index in [1.165, 1.54) is 24.3 Å². The first-order valence-corrected chi connectivity index (χ1v) is 14.9. The van der Waals surface area contributed by atoms with Gasteiger partial charge in [-0.1, -0.05) is 72.8 Å². The van der Waals surface area contributed by atoms with E-state index in [1.54, 1.807) is 97.1 Å². The number of hydrogen-bond acceptors (Lipinski definition) is 10. The van der Waals surface area contributed by atoms with Gasteiger partial charge in [0.1, 0.15) is 13.2 Å². The summed E-state index contributed by atoms with van der Waals surface area (Å²) in [6, 6.07) is 31.8. The highest BCUT2D eigenvalue weighted by Gasteiger charge is 2.40. The molecule has 0 spiro atoms. The van der Waals surface area contributed by atoms with E-state index in [2.05, 4.69) is 10.6 Å². The molecule has 246 valence electrons. The number of hydrogen-bond donors (Lipinski definition) is 2. The third kappa shape index (κ3) is 10.4. The topological polar surface area (TPSA) is 163 Å². The Labute approximate surface area is 276 Å². The molecule has 0 aliphatic heterocycles. The second kappa shape index (κ2) is 18.0. The summed E-state index contributed by atoms with van der Waals surface area (Å²) in [4.78, 5) is 77.7. The van der Waals surface area contributed by atoms with Crippen LogP contribution in [0.2, 0.25) is 0 Å². The highest BCUT2D eigenvalue weighted by molar-refractivity contribution is 5.98. The predicted molar refractivity (Wildman–Crippen MR) is 171 cm³/mol. The first-order chi connectivity index (χ1) is 23.3. The van der Waals surface area contributed by atoms with Crippen molar-refractivity contribution in [1.82, 2.24) is 10.6 Å². The van der Waals surface area contributed by atoms with Crippen LogP contribution in [0.5, 0.6) is 0 Å². The summed E-state index contributed by atoms with van der Waals surface area (Å²) in [6.07, 6.45) is -3.97. The van der Waals surface area contributed by atoms with E-state index in [1.807, 2.05) is 0 Å². The standard InChI is InChI=1S/C36H32N2O10/c39-31(37-21-23-45-33(41)25-13-5-1-6-14-25)29(47-35(43)27-17-9-3-10-18-27)30(48-36(44)28-19-11-4-12-20-28)32(40)38-22-24-46-34(42)26-15-7-2-8-16-26/h1-20,29-30H,21-24H2,(H,37,39)(H,38,40). The van der Waals surface area contributed by atoms with Crippen molar-refractivity contribution in [2.45, 2.75) is 12.2 Å². The van der Waals surface area contributed by atoms with Gasteiger partial charge >= 0.3 is 23.9 Å². The average Bonchev–Trinajstić information content (AvgIpc) is 3.14. The number of carbonyl (C=O) groups excluding carboxylic acids is 6. The molecule has 48 heavy (non-hydrogen) atoms. The molecule has 0 bridgehead atoms. The highest BCUT2D eigenvalue weighted by Crippen LogP contribution is 2.14. The van der Waals surface area contributed by atoms with Gasteiger partial charge in [-0.05, 0) is 48.5 Å². The average molecular weight is 653 g/mol. The summed E-state index contributed by atoms with van der Waals surface area (Å²) in [7, 11) is 0. The van der Waals surface area contributed by atoms with Crippen LogP contribution in [0.15, 0.2) is 121 Å². The van der Waals surface area contributed by atoms with E-state index in [0.29, 0.717) is 11.1 Å². The molecule has 2 unspecified atom stereocenters. The molecule has 4 aromatic rings. The zero-order valence-electron chi connectivity index (χ0n) is 25.6. The lowest BCUT2D eigenvalue weighted by atomic mass is 10.1. The Morgan fingerprint density at radius 2 is 0.688 bits per heavy atom. The molecule has 0 saturated carbocycles. The van der Waals surface area contributed by atoms with Gasteiger partial charge in [0.25, 0.3) is 11.8 Å². The molecule has 0 aliphatic carbocycles. The Morgan fingerprint density at radius 3 is 0.979 bits per heavy atom. The number of benzene rings is 4. The maximum absolute atomic E-state index is 13.5. The molecule has 0 aliphatic rings. The van der Waals surface area contributed by atoms with Crippen LogP contribution in [0.3, 0.4) is 0 Å². The third-order valence-corrected chi connectivity index (χ3v) is 6.57. The molecule has 12 heteroatoms. The van der Waals surface area contributed by atoms with E-state index in [9.17, 15) is 28.8 Å². The van der Waals surface area contributed by atoms with Crippen molar-refractivity contribution < 1.29 is 47.7 Å². The van der Waals surface area contributed by atoms with Gasteiger partial charge in [-0.25, -0.2) is 19.2 Å². The number of nitrogens with one attached hydrogen (secondary N) is 2. The van der Waals surface area contributed by atoms with Crippen LogP contribution in [0.4, 0.5) is 0 Å². The normalized spacial score (nSPS) is 11.6. The Bertz CT molecular complexity index is 1560. The Morgan fingerprint density at radius 1 is 0.417 bits per heavy atom. The first kappa shape index (κ1) is 34.6. The fourth-order valence-corrected chi connectivity index (χ4v) is 4.17. The van der Waals surface area contributed by atoms with Crippen molar-refractivity contribution in [3.8, 4) is 0 Å². The lowest BCUT2D eigenvalue weighted by molar-refractivity contribution is -0.147. The highest BCUT2D eigenvalue weighted by atomic mass is 16.6. The molecule has 2 atom stereocenters. The van der Waals surface area contributed by atoms with Gasteiger partial charge in [0.05, 0.1) is 35.3 Å². The Kier molecular flexibility index (Phi) is 13.0. The molecule has 0 fully saturated rings. The van der Waals surface area contributed by atoms with Gasteiger partial charge in [-0.2, -0.15) is 0 Å². The summed E-state index contributed by atoms with van der Waals surface area (Å²) in [5.41, 5.74) is 0.733. The summed E-state index contributed by atoms with van der Waals surface area (Å²) < 4.78 is 21.3. The van der Waals surface area contributed by atoms with Gasteiger partial charge in [-0.3, -0.25) is 9.59 Å². The lowest BCUT2D eigenvalue weighted by Crippen LogP contribution is -2.54. The van der Waals surface area contributed by atoms with Crippen LogP contribution in [-0.2, 0) is 28.5 Å². The molecular weight excluding hydrogens is 620 g/mol. The van der Waals surface area contributed by atoms with E-state index in [-0.39, 0.29) is 37.4 Å². The number of rotatable bonds is 15. The molecule has 4 rings (SSSR count). The van der Waals surface area contributed by atoms with E-state index >= 15 is 0 Å². The van der Waals surface area contributed by atoms with Crippen LogP contribution >= 0.6 is 0 Å². The summed E-state index contributed by atoms with van der Waals surface area (Å²) in [5, 5.41) is 4.92.